The summed E-state index contributed by atoms with van der Waals surface area (Å²) in [7, 11) is 1.45. The lowest BCUT2D eigenvalue weighted by Crippen LogP contribution is -2.05. The first-order chi connectivity index (χ1) is 9.24. The van der Waals surface area contributed by atoms with Crippen LogP contribution in [0.5, 0.6) is 0 Å². The van der Waals surface area contributed by atoms with Gasteiger partial charge in [0, 0.05) is 4.90 Å². The van der Waals surface area contributed by atoms with Gasteiger partial charge >= 0.3 is 5.97 Å². The summed E-state index contributed by atoms with van der Waals surface area (Å²) < 4.78 is 4.89. The molecule has 0 unspecified atom stereocenters. The van der Waals surface area contributed by atoms with Gasteiger partial charge in [-0.15, -0.1) is 11.8 Å². The predicted octanol–water partition coefficient (Wildman–Crippen LogP) is 4.71. The van der Waals surface area contributed by atoms with Crippen LogP contribution in [-0.4, -0.2) is 18.8 Å². The molecule has 1 aromatic carbocycles. The number of carbonyl (C=O) groups is 1. The maximum atomic E-state index is 11.9. The van der Waals surface area contributed by atoms with Crippen LogP contribution in [0.1, 0.15) is 55.5 Å². The van der Waals surface area contributed by atoms with Crippen LogP contribution >= 0.6 is 11.8 Å². The summed E-state index contributed by atoms with van der Waals surface area (Å²) in [5.41, 5.74) is 2.00. The zero-order chi connectivity index (χ0) is 14.1. The molecule has 1 aromatic rings. The molecule has 19 heavy (non-hydrogen) atoms. The molecule has 0 saturated heterocycles. The number of rotatable bonds is 8. The fourth-order valence-electron chi connectivity index (χ4n) is 1.91. The van der Waals surface area contributed by atoms with Gasteiger partial charge in [0.2, 0.25) is 0 Å². The van der Waals surface area contributed by atoms with Gasteiger partial charge < -0.3 is 4.74 Å². The third-order valence-electron chi connectivity index (χ3n) is 3.05. The second-order valence-corrected chi connectivity index (χ2v) is 5.70. The molecule has 1 rings (SSSR count). The first kappa shape index (κ1) is 16.1. The number of ether oxygens (including phenoxy) is 1. The van der Waals surface area contributed by atoms with Gasteiger partial charge in [0.15, 0.2) is 0 Å². The number of benzene rings is 1. The lowest BCUT2D eigenvalue weighted by Gasteiger charge is -2.13. The highest BCUT2D eigenvalue weighted by Crippen LogP contribution is 2.29. The average Bonchev–Trinajstić information content (AvgIpc) is 2.45. The molecule has 0 aliphatic carbocycles. The first-order valence-electron chi connectivity index (χ1n) is 7.07. The summed E-state index contributed by atoms with van der Waals surface area (Å²) in [4.78, 5) is 13.0. The van der Waals surface area contributed by atoms with E-state index in [-0.39, 0.29) is 5.97 Å². The highest BCUT2D eigenvalue weighted by molar-refractivity contribution is 7.99. The molecule has 0 spiro atoms. The predicted molar refractivity (Wildman–Crippen MR) is 82.0 cm³/mol. The van der Waals surface area contributed by atoms with Gasteiger partial charge in [-0.05, 0) is 36.6 Å². The van der Waals surface area contributed by atoms with Crippen LogP contribution in [0.15, 0.2) is 23.1 Å². The molecule has 0 N–H and O–H groups in total. The van der Waals surface area contributed by atoms with Gasteiger partial charge in [0.05, 0.1) is 12.7 Å². The van der Waals surface area contributed by atoms with Crippen molar-refractivity contribution in [2.24, 2.45) is 0 Å². The number of aryl methyl sites for hydroxylation is 1. The van der Waals surface area contributed by atoms with E-state index in [0.717, 1.165) is 29.1 Å². The van der Waals surface area contributed by atoms with E-state index < -0.39 is 0 Å². The van der Waals surface area contributed by atoms with Crippen molar-refractivity contribution in [2.45, 2.75) is 50.8 Å². The SMILES string of the molecule is CCCCSc1c(CCCC)cccc1C(=O)OC. The molecule has 0 aliphatic heterocycles. The maximum absolute atomic E-state index is 11.9. The van der Waals surface area contributed by atoms with Crippen LogP contribution in [0.2, 0.25) is 0 Å². The molecule has 2 nitrogen and oxygen atoms in total. The Bertz CT molecular complexity index is 402. The number of unbranched alkanes of at least 4 members (excludes halogenated alkanes) is 2. The van der Waals surface area contributed by atoms with Crippen molar-refractivity contribution in [3.8, 4) is 0 Å². The summed E-state index contributed by atoms with van der Waals surface area (Å²) in [5.74, 6) is 0.834. The quantitative estimate of drug-likeness (QED) is 0.392. The lowest BCUT2D eigenvalue weighted by molar-refractivity contribution is 0.0596. The van der Waals surface area contributed by atoms with Crippen LogP contribution in [0.25, 0.3) is 0 Å². The van der Waals surface area contributed by atoms with E-state index in [9.17, 15) is 4.79 Å². The van der Waals surface area contributed by atoms with Gasteiger partial charge in [-0.25, -0.2) is 4.79 Å². The fraction of sp³-hybridized carbons (Fsp3) is 0.562. The van der Waals surface area contributed by atoms with E-state index in [0.29, 0.717) is 0 Å². The monoisotopic (exact) mass is 280 g/mol. The zero-order valence-corrected chi connectivity index (χ0v) is 13.0. The standard InChI is InChI=1S/C16H24O2S/c1-4-6-9-13-10-8-11-14(16(17)18-3)15(13)19-12-7-5-2/h8,10-11H,4-7,9,12H2,1-3H3. The van der Waals surface area contributed by atoms with Crippen molar-refractivity contribution in [1.29, 1.82) is 0 Å². The topological polar surface area (TPSA) is 26.3 Å². The Kier molecular flexibility index (Phi) is 7.65. The van der Waals surface area contributed by atoms with Gasteiger partial charge in [-0.1, -0.05) is 38.8 Å². The molecule has 0 bridgehead atoms. The number of thioether (sulfide) groups is 1. The van der Waals surface area contributed by atoms with Crippen molar-refractivity contribution >= 4 is 17.7 Å². The Hall–Kier alpha value is -0.960. The number of hydrogen-bond acceptors (Lipinski definition) is 3. The molecule has 0 radical (unpaired) electrons. The zero-order valence-electron chi connectivity index (χ0n) is 12.2. The Morgan fingerprint density at radius 3 is 2.58 bits per heavy atom. The number of esters is 1. The minimum Gasteiger partial charge on any atom is -0.465 e. The minimum absolute atomic E-state index is 0.225. The molecule has 0 heterocycles. The third-order valence-corrected chi connectivity index (χ3v) is 4.31. The summed E-state index contributed by atoms with van der Waals surface area (Å²) in [6.07, 6.45) is 5.72. The number of carbonyl (C=O) groups excluding carboxylic acids is 1. The van der Waals surface area contributed by atoms with E-state index in [1.807, 2.05) is 12.1 Å². The Morgan fingerprint density at radius 2 is 1.95 bits per heavy atom. The molecule has 0 aromatic heterocycles. The van der Waals surface area contributed by atoms with Crippen LogP contribution in [0.3, 0.4) is 0 Å². The van der Waals surface area contributed by atoms with Gasteiger partial charge in [0.1, 0.15) is 0 Å². The van der Waals surface area contributed by atoms with E-state index in [4.69, 9.17) is 4.74 Å². The van der Waals surface area contributed by atoms with E-state index in [2.05, 4.69) is 19.9 Å². The van der Waals surface area contributed by atoms with E-state index in [1.54, 1.807) is 11.8 Å². The van der Waals surface area contributed by atoms with Crippen molar-refractivity contribution in [3.63, 3.8) is 0 Å². The molecule has 0 aliphatic rings. The Labute approximate surface area is 120 Å². The van der Waals surface area contributed by atoms with E-state index >= 15 is 0 Å². The minimum atomic E-state index is -0.225. The second kappa shape index (κ2) is 9.03. The molecule has 3 heteroatoms. The summed E-state index contributed by atoms with van der Waals surface area (Å²) in [5, 5.41) is 0. The van der Waals surface area contributed by atoms with Crippen molar-refractivity contribution < 1.29 is 9.53 Å². The Morgan fingerprint density at radius 1 is 1.21 bits per heavy atom. The van der Waals surface area contributed by atoms with Gasteiger partial charge in [-0.2, -0.15) is 0 Å². The first-order valence-corrected chi connectivity index (χ1v) is 8.06. The highest BCUT2D eigenvalue weighted by Gasteiger charge is 2.15. The number of methoxy groups -OCH3 is 1. The lowest BCUT2D eigenvalue weighted by atomic mass is 10.1. The second-order valence-electron chi connectivity index (χ2n) is 4.59. The highest BCUT2D eigenvalue weighted by atomic mass is 32.2. The van der Waals surface area contributed by atoms with Crippen molar-refractivity contribution in [1.82, 2.24) is 0 Å². The maximum Gasteiger partial charge on any atom is 0.339 e. The van der Waals surface area contributed by atoms with Gasteiger partial charge in [0.25, 0.3) is 0 Å². The smallest absolute Gasteiger partial charge is 0.339 e. The molecule has 0 fully saturated rings. The fourth-order valence-corrected chi connectivity index (χ4v) is 3.21. The largest absolute Gasteiger partial charge is 0.465 e. The summed E-state index contributed by atoms with van der Waals surface area (Å²) in [6, 6.07) is 5.97. The summed E-state index contributed by atoms with van der Waals surface area (Å²) >= 11 is 1.79. The molecular formula is C16H24O2S. The van der Waals surface area contributed by atoms with Crippen molar-refractivity contribution in [2.75, 3.05) is 12.9 Å². The molecule has 0 saturated carbocycles. The average molecular weight is 280 g/mol. The normalized spacial score (nSPS) is 10.5. The van der Waals surface area contributed by atoms with Crippen LogP contribution in [0.4, 0.5) is 0 Å². The summed E-state index contributed by atoms with van der Waals surface area (Å²) in [6.45, 7) is 4.37. The Balaban J connectivity index is 2.97. The van der Waals surface area contributed by atoms with Gasteiger partial charge in [-0.3, -0.25) is 0 Å². The third kappa shape index (κ3) is 4.90. The van der Waals surface area contributed by atoms with Crippen LogP contribution in [-0.2, 0) is 11.2 Å². The number of hydrogen-bond donors (Lipinski definition) is 0. The molecule has 0 amide bonds. The molecular weight excluding hydrogens is 256 g/mol. The molecule has 0 atom stereocenters. The van der Waals surface area contributed by atoms with E-state index in [1.165, 1.54) is 31.9 Å². The van der Waals surface area contributed by atoms with Crippen LogP contribution in [0, 0.1) is 0 Å². The molecule has 106 valence electrons. The van der Waals surface area contributed by atoms with Crippen molar-refractivity contribution in [3.05, 3.63) is 29.3 Å². The van der Waals surface area contributed by atoms with Crippen LogP contribution < -0.4 is 0 Å².